The van der Waals surface area contributed by atoms with E-state index in [0.717, 1.165) is 5.56 Å². The summed E-state index contributed by atoms with van der Waals surface area (Å²) in [6.45, 7) is 6.78. The average Bonchev–Trinajstić information content (AvgIpc) is 3.51. The van der Waals surface area contributed by atoms with E-state index in [0.29, 0.717) is 17.8 Å². The summed E-state index contributed by atoms with van der Waals surface area (Å²) in [5.74, 6) is 0.229. The van der Waals surface area contributed by atoms with E-state index in [4.69, 9.17) is 15.2 Å². The Balaban J connectivity index is 1.53. The number of aliphatic hydroxyl groups is 3. The molecule has 4 atom stereocenters. The first-order valence-electron chi connectivity index (χ1n) is 14.7. The van der Waals surface area contributed by atoms with Crippen molar-refractivity contribution in [1.29, 1.82) is 0 Å². The van der Waals surface area contributed by atoms with E-state index < -0.39 is 49.5 Å². The molecule has 0 amide bonds. The number of rotatable bonds is 15. The number of hydrogen-bond donors (Lipinski definition) is 4. The molecule has 1 saturated heterocycles. The molecule has 0 unspecified atom stereocenters. The number of nitrogens with zero attached hydrogens (tertiary/aromatic N) is 4. The molecule has 2 aromatic heterocycles. The number of fused-ring (bicyclic) bond motifs is 1. The SMILES string of the molecule is CCC[CH2][Sn]([CH2]CCC)([CH2]CCC)[c]1ccc(COc2nc(N)nc3c2ncn3[C@@H]2O[C@H](CO)[C@@H](O)[C@H]2O)cc1. The third-order valence-electron chi connectivity index (χ3n) is 8.17. The molecular formula is C29H45N5O5Sn. The molecule has 1 aromatic carbocycles. The number of benzene rings is 1. The Hall–Kier alpha value is -1.99. The number of nitrogen functional groups attached to an aromatic ring is 1. The van der Waals surface area contributed by atoms with Crippen LogP contribution in [0.15, 0.2) is 30.6 Å². The minimum absolute atomic E-state index is 0.00651. The quantitative estimate of drug-likeness (QED) is 0.179. The van der Waals surface area contributed by atoms with Crippen molar-refractivity contribution in [2.75, 3.05) is 12.3 Å². The zero-order valence-corrected chi connectivity index (χ0v) is 26.9. The van der Waals surface area contributed by atoms with Crippen LogP contribution in [0, 0.1) is 0 Å². The fourth-order valence-corrected chi connectivity index (χ4v) is 21.7. The Labute approximate surface area is 240 Å². The molecule has 5 N–H and O–H groups in total. The van der Waals surface area contributed by atoms with E-state index in [1.165, 1.54) is 62.7 Å². The third-order valence-corrected chi connectivity index (χ3v) is 23.8. The van der Waals surface area contributed by atoms with Gasteiger partial charge in [-0.3, -0.25) is 0 Å². The zero-order chi connectivity index (χ0) is 28.7. The number of unbranched alkanes of at least 4 members (excludes halogenated alkanes) is 3. The molecule has 220 valence electrons. The summed E-state index contributed by atoms with van der Waals surface area (Å²) in [5.41, 5.74) is 7.72. The van der Waals surface area contributed by atoms with Gasteiger partial charge in [0.05, 0.1) is 6.61 Å². The van der Waals surface area contributed by atoms with Gasteiger partial charge in [0.25, 0.3) is 0 Å². The van der Waals surface area contributed by atoms with Crippen molar-refractivity contribution in [3.05, 3.63) is 36.2 Å². The molecule has 0 aliphatic carbocycles. The van der Waals surface area contributed by atoms with Crippen molar-refractivity contribution in [3.8, 4) is 5.88 Å². The van der Waals surface area contributed by atoms with Gasteiger partial charge in [-0.1, -0.05) is 0 Å². The maximum atomic E-state index is 10.5. The first-order valence-corrected chi connectivity index (χ1v) is 22.2. The zero-order valence-electron chi connectivity index (χ0n) is 24.0. The third kappa shape index (κ3) is 6.73. The van der Waals surface area contributed by atoms with Crippen LogP contribution in [0.3, 0.4) is 0 Å². The Morgan fingerprint density at radius 2 is 1.57 bits per heavy atom. The van der Waals surface area contributed by atoms with E-state index in [1.807, 2.05) is 0 Å². The maximum absolute atomic E-state index is 10.5. The molecule has 3 aromatic rings. The van der Waals surface area contributed by atoms with Gasteiger partial charge in [0, 0.05) is 0 Å². The number of anilines is 1. The summed E-state index contributed by atoms with van der Waals surface area (Å²) in [6.07, 6.45) is 4.79. The summed E-state index contributed by atoms with van der Waals surface area (Å²) < 4.78 is 19.1. The second-order valence-electron chi connectivity index (χ2n) is 11.0. The van der Waals surface area contributed by atoms with Crippen LogP contribution >= 0.6 is 0 Å². The topological polar surface area (TPSA) is 149 Å². The van der Waals surface area contributed by atoms with Crippen LogP contribution in [-0.4, -0.2) is 78.1 Å². The van der Waals surface area contributed by atoms with Gasteiger partial charge in [0.2, 0.25) is 0 Å². The predicted molar refractivity (Wildman–Crippen MR) is 158 cm³/mol. The van der Waals surface area contributed by atoms with E-state index in [-0.39, 0.29) is 11.8 Å². The van der Waals surface area contributed by atoms with Crippen LogP contribution in [0.5, 0.6) is 5.88 Å². The van der Waals surface area contributed by atoms with Gasteiger partial charge in [-0.05, 0) is 0 Å². The molecule has 3 heterocycles. The van der Waals surface area contributed by atoms with E-state index in [2.05, 4.69) is 60.0 Å². The van der Waals surface area contributed by atoms with Gasteiger partial charge in [-0.15, -0.1) is 0 Å². The Morgan fingerprint density at radius 1 is 0.950 bits per heavy atom. The normalized spacial score (nSPS) is 21.4. The number of aromatic nitrogens is 4. The molecule has 1 aliphatic heterocycles. The number of imidazole rings is 1. The second-order valence-corrected chi connectivity index (χ2v) is 24.3. The van der Waals surface area contributed by atoms with Crippen molar-refractivity contribution in [2.45, 2.75) is 104 Å². The first-order chi connectivity index (χ1) is 19.4. The van der Waals surface area contributed by atoms with Gasteiger partial charge < -0.3 is 15.3 Å². The van der Waals surface area contributed by atoms with Gasteiger partial charge in [0.15, 0.2) is 0 Å². The average molecular weight is 662 g/mol. The van der Waals surface area contributed by atoms with Crippen LogP contribution in [-0.2, 0) is 11.3 Å². The minimum atomic E-state index is -2.49. The van der Waals surface area contributed by atoms with Crippen molar-refractivity contribution >= 4 is 39.1 Å². The fourth-order valence-electron chi connectivity index (χ4n) is 5.76. The van der Waals surface area contributed by atoms with Crippen LogP contribution < -0.4 is 14.0 Å². The second kappa shape index (κ2) is 14.3. The van der Waals surface area contributed by atoms with Crippen molar-refractivity contribution in [2.24, 2.45) is 0 Å². The predicted octanol–water partition coefficient (Wildman–Crippen LogP) is 3.66. The fraction of sp³-hybridized carbons (Fsp3) is 0.621. The molecular weight excluding hydrogens is 617 g/mol. The van der Waals surface area contributed by atoms with Crippen LogP contribution in [0.4, 0.5) is 5.95 Å². The van der Waals surface area contributed by atoms with Crippen molar-refractivity contribution in [3.63, 3.8) is 0 Å². The van der Waals surface area contributed by atoms with Gasteiger partial charge >= 0.3 is 207 Å². The standard InChI is InChI=1S/C17H18N5O5.3C4H9.Sn/c18-17-20-14-11(15(21-17)26-7-9-4-2-1-3-5-9)19-8-22(14)16-13(25)12(24)10(6-23)27-16;3*1-3-4-2;/h2-5,8,10,12-13,16,23-25H,6-7H2,(H2,18,20,21);3*1,3-4H2,2H3;/t10-,12-,13-,16-;;;;/m1..../s1. The number of aliphatic hydroxyl groups excluding tert-OH is 3. The summed E-state index contributed by atoms with van der Waals surface area (Å²) >= 11 is -2.49. The molecule has 10 nitrogen and oxygen atoms in total. The summed E-state index contributed by atoms with van der Waals surface area (Å²) in [7, 11) is 0. The van der Waals surface area contributed by atoms with E-state index in [1.54, 1.807) is 3.58 Å². The molecule has 0 spiro atoms. The number of nitrogens with two attached hydrogens (primary N) is 1. The van der Waals surface area contributed by atoms with E-state index in [9.17, 15) is 15.3 Å². The van der Waals surface area contributed by atoms with Crippen LogP contribution in [0.2, 0.25) is 13.3 Å². The Morgan fingerprint density at radius 3 is 2.12 bits per heavy atom. The first kappa shape index (κ1) is 31.0. The van der Waals surface area contributed by atoms with Gasteiger partial charge in [-0.25, -0.2) is 0 Å². The van der Waals surface area contributed by atoms with E-state index >= 15 is 0 Å². The molecule has 1 fully saturated rings. The molecule has 1 aliphatic rings. The molecule has 0 bridgehead atoms. The molecule has 40 heavy (non-hydrogen) atoms. The van der Waals surface area contributed by atoms with Crippen LogP contribution in [0.1, 0.15) is 71.1 Å². The monoisotopic (exact) mass is 663 g/mol. The van der Waals surface area contributed by atoms with Crippen molar-refractivity contribution < 1.29 is 24.8 Å². The van der Waals surface area contributed by atoms with Gasteiger partial charge in [0.1, 0.15) is 12.2 Å². The molecule has 0 saturated carbocycles. The molecule has 11 heteroatoms. The summed E-state index contributed by atoms with van der Waals surface area (Å²) in [5, 5.41) is 30.1. The Bertz CT molecular complexity index is 1200. The summed E-state index contributed by atoms with van der Waals surface area (Å²) in [4.78, 5) is 12.9. The molecule has 4 rings (SSSR count). The molecule has 0 radical (unpaired) electrons. The summed E-state index contributed by atoms with van der Waals surface area (Å²) in [6, 6.07) is 9.08. The van der Waals surface area contributed by atoms with Gasteiger partial charge in [-0.2, -0.15) is 0 Å². The van der Waals surface area contributed by atoms with Crippen molar-refractivity contribution in [1.82, 2.24) is 19.5 Å². The number of hydrogen-bond acceptors (Lipinski definition) is 9. The number of ether oxygens (including phenoxy) is 2. The Kier molecular flexibility index (Phi) is 11.0. The van der Waals surface area contributed by atoms with Crippen LogP contribution in [0.25, 0.3) is 11.2 Å².